The van der Waals surface area contributed by atoms with Crippen LogP contribution in [0.25, 0.3) is 0 Å². The molecule has 0 saturated heterocycles. The highest BCUT2D eigenvalue weighted by Gasteiger charge is 2.04. The summed E-state index contributed by atoms with van der Waals surface area (Å²) in [6.45, 7) is 17.7. The van der Waals surface area contributed by atoms with E-state index >= 15 is 0 Å². The van der Waals surface area contributed by atoms with Gasteiger partial charge in [0.15, 0.2) is 0 Å². The van der Waals surface area contributed by atoms with E-state index in [9.17, 15) is 0 Å². The van der Waals surface area contributed by atoms with Gasteiger partial charge in [-0.25, -0.2) is 0 Å². The molecule has 13 heavy (non-hydrogen) atoms. The molecule has 0 heterocycles. The summed E-state index contributed by atoms with van der Waals surface area (Å²) in [6.07, 6.45) is 1.64. The highest BCUT2D eigenvalue weighted by Crippen LogP contribution is 2.22. The molecule has 1 heteroatoms. The molecule has 0 aliphatic rings. The Hall–Kier alpha value is -0.490. The van der Waals surface area contributed by atoms with Crippen LogP contribution in [0.2, 0.25) is 0 Å². The minimum absolute atomic E-state index is 0.448. The molecule has 0 nitrogen and oxygen atoms in total. The van der Waals surface area contributed by atoms with Crippen LogP contribution in [0.5, 0.6) is 0 Å². The van der Waals surface area contributed by atoms with Crippen molar-refractivity contribution in [2.24, 2.45) is 5.92 Å². The smallest absolute Gasteiger partial charge is 0.0431 e. The fourth-order valence-electron chi connectivity index (χ4n) is 0.739. The molecule has 0 unspecified atom stereocenters. The standard InChI is InChI=1S/C10H15Cl.C2H6/c1-6-10(11)9(5)8(4)7(2)3;1-2/h6-7H,1,4H2,2-3,5H3;1-2H3/b10-9+;. The van der Waals surface area contributed by atoms with Gasteiger partial charge < -0.3 is 0 Å². The molecule has 0 radical (unpaired) electrons. The zero-order chi connectivity index (χ0) is 11.0. The van der Waals surface area contributed by atoms with Crippen molar-refractivity contribution in [3.8, 4) is 0 Å². The zero-order valence-corrected chi connectivity index (χ0v) is 10.2. The van der Waals surface area contributed by atoms with Crippen LogP contribution < -0.4 is 0 Å². The average molecular weight is 201 g/mol. The first-order chi connectivity index (χ1) is 6.00. The Morgan fingerprint density at radius 2 is 1.69 bits per heavy atom. The van der Waals surface area contributed by atoms with Crippen molar-refractivity contribution in [1.82, 2.24) is 0 Å². The van der Waals surface area contributed by atoms with E-state index in [1.807, 2.05) is 20.8 Å². The summed E-state index contributed by atoms with van der Waals surface area (Å²) in [5, 5.41) is 0.698. The van der Waals surface area contributed by atoms with Gasteiger partial charge in [0.1, 0.15) is 0 Å². The minimum atomic E-state index is 0.448. The van der Waals surface area contributed by atoms with Crippen LogP contribution in [0.4, 0.5) is 0 Å². The number of allylic oxidation sites excluding steroid dienone is 4. The molecule has 76 valence electrons. The first kappa shape index (κ1) is 15.0. The number of hydrogen-bond acceptors (Lipinski definition) is 0. The van der Waals surface area contributed by atoms with E-state index in [1.54, 1.807) is 6.08 Å². The molecular weight excluding hydrogens is 180 g/mol. The third kappa shape index (κ3) is 5.70. The fraction of sp³-hybridized carbons (Fsp3) is 0.500. The summed E-state index contributed by atoms with van der Waals surface area (Å²) in [6, 6.07) is 0. The van der Waals surface area contributed by atoms with Gasteiger partial charge in [-0.1, -0.05) is 58.5 Å². The molecule has 0 amide bonds. The Labute approximate surface area is 88.0 Å². The lowest BCUT2D eigenvalue weighted by atomic mass is 9.98. The van der Waals surface area contributed by atoms with Crippen LogP contribution in [-0.4, -0.2) is 0 Å². The molecule has 0 saturated carbocycles. The van der Waals surface area contributed by atoms with Gasteiger partial charge in [-0.05, 0) is 24.0 Å². The Bertz CT molecular complexity index is 197. The minimum Gasteiger partial charge on any atom is -0.0976 e. The van der Waals surface area contributed by atoms with E-state index in [2.05, 4.69) is 27.0 Å². The molecule has 0 spiro atoms. The summed E-state index contributed by atoms with van der Waals surface area (Å²) >= 11 is 5.86. The first-order valence-electron chi connectivity index (χ1n) is 4.68. The highest BCUT2D eigenvalue weighted by molar-refractivity contribution is 6.31. The van der Waals surface area contributed by atoms with Crippen LogP contribution in [0.15, 0.2) is 35.4 Å². The van der Waals surface area contributed by atoms with Crippen molar-refractivity contribution in [2.45, 2.75) is 34.6 Å². The molecule has 0 aromatic carbocycles. The van der Waals surface area contributed by atoms with Crippen LogP contribution in [0.1, 0.15) is 34.6 Å². The molecule has 0 N–H and O–H groups in total. The predicted octanol–water partition coefficient (Wildman–Crippen LogP) is 4.92. The average Bonchev–Trinajstić information content (AvgIpc) is 2.17. The van der Waals surface area contributed by atoms with Crippen molar-refractivity contribution in [3.05, 3.63) is 35.4 Å². The Kier molecular flexibility index (Phi) is 9.38. The van der Waals surface area contributed by atoms with E-state index < -0.39 is 0 Å². The maximum Gasteiger partial charge on any atom is 0.0431 e. The van der Waals surface area contributed by atoms with Gasteiger partial charge in [-0.2, -0.15) is 0 Å². The van der Waals surface area contributed by atoms with E-state index in [1.165, 1.54) is 0 Å². The van der Waals surface area contributed by atoms with E-state index in [0.29, 0.717) is 11.0 Å². The quantitative estimate of drug-likeness (QED) is 0.567. The molecule has 0 aliphatic heterocycles. The summed E-state index contributed by atoms with van der Waals surface area (Å²) < 4.78 is 0. The normalized spacial score (nSPS) is 11.3. The van der Waals surface area contributed by atoms with E-state index in [4.69, 9.17) is 11.6 Å². The maximum atomic E-state index is 5.86. The van der Waals surface area contributed by atoms with Crippen LogP contribution in [0, 0.1) is 5.92 Å². The van der Waals surface area contributed by atoms with Crippen LogP contribution in [-0.2, 0) is 0 Å². The van der Waals surface area contributed by atoms with Crippen LogP contribution in [0.3, 0.4) is 0 Å². The van der Waals surface area contributed by atoms with Gasteiger partial charge >= 0.3 is 0 Å². The maximum absolute atomic E-state index is 5.86. The summed E-state index contributed by atoms with van der Waals surface area (Å²) in [5.41, 5.74) is 2.12. The lowest BCUT2D eigenvalue weighted by Crippen LogP contribution is -1.94. The predicted molar refractivity (Wildman–Crippen MR) is 64.1 cm³/mol. The van der Waals surface area contributed by atoms with Crippen molar-refractivity contribution < 1.29 is 0 Å². The summed E-state index contributed by atoms with van der Waals surface area (Å²) in [4.78, 5) is 0. The fourth-order valence-corrected chi connectivity index (χ4v) is 0.861. The van der Waals surface area contributed by atoms with Crippen molar-refractivity contribution in [3.63, 3.8) is 0 Å². The molecule has 0 aromatic heterocycles. The highest BCUT2D eigenvalue weighted by atomic mass is 35.5. The molecule has 0 atom stereocenters. The number of rotatable bonds is 3. The monoisotopic (exact) mass is 200 g/mol. The third-order valence-corrected chi connectivity index (χ3v) is 2.15. The second kappa shape index (κ2) is 8.12. The summed E-state index contributed by atoms with van der Waals surface area (Å²) in [7, 11) is 0. The molecule has 0 bridgehead atoms. The second-order valence-electron chi connectivity index (χ2n) is 2.86. The van der Waals surface area contributed by atoms with Gasteiger partial charge in [0.25, 0.3) is 0 Å². The van der Waals surface area contributed by atoms with Crippen molar-refractivity contribution in [2.75, 3.05) is 0 Å². The second-order valence-corrected chi connectivity index (χ2v) is 3.26. The Balaban J connectivity index is 0. The molecule has 0 aliphatic carbocycles. The zero-order valence-electron chi connectivity index (χ0n) is 9.45. The topological polar surface area (TPSA) is 0 Å². The molecule has 0 rings (SSSR count). The van der Waals surface area contributed by atoms with Gasteiger partial charge in [-0.15, -0.1) is 0 Å². The van der Waals surface area contributed by atoms with Gasteiger partial charge in [0, 0.05) is 5.03 Å². The van der Waals surface area contributed by atoms with E-state index in [0.717, 1.165) is 11.1 Å². The molecule has 0 fully saturated rings. The SMILES string of the molecule is C=C/C(Cl)=C(/C)C(=C)C(C)C.CC. The third-order valence-electron chi connectivity index (χ3n) is 1.72. The van der Waals surface area contributed by atoms with Crippen molar-refractivity contribution >= 4 is 11.6 Å². The van der Waals surface area contributed by atoms with Gasteiger partial charge in [-0.3, -0.25) is 0 Å². The van der Waals surface area contributed by atoms with Gasteiger partial charge in [0.05, 0.1) is 0 Å². The number of hydrogen-bond donors (Lipinski definition) is 0. The Morgan fingerprint density at radius 1 is 1.31 bits per heavy atom. The van der Waals surface area contributed by atoms with Gasteiger partial charge in [0.2, 0.25) is 0 Å². The van der Waals surface area contributed by atoms with E-state index in [-0.39, 0.29) is 0 Å². The van der Waals surface area contributed by atoms with Crippen LogP contribution >= 0.6 is 11.6 Å². The lowest BCUT2D eigenvalue weighted by Gasteiger charge is -2.10. The molecular formula is C12H21Cl. The van der Waals surface area contributed by atoms with Crippen molar-refractivity contribution in [1.29, 1.82) is 0 Å². The summed E-state index contributed by atoms with van der Waals surface area (Å²) in [5.74, 6) is 0.448. The number of halogens is 1. The lowest BCUT2D eigenvalue weighted by molar-refractivity contribution is 0.781. The molecule has 0 aromatic rings. The largest absolute Gasteiger partial charge is 0.0976 e. The first-order valence-corrected chi connectivity index (χ1v) is 5.06. The Morgan fingerprint density at radius 3 is 1.92 bits per heavy atom.